The molecule has 0 fully saturated rings. The van der Waals surface area contributed by atoms with Crippen LogP contribution in [0.25, 0.3) is 0 Å². The quantitative estimate of drug-likeness (QED) is 0.637. The highest BCUT2D eigenvalue weighted by Crippen LogP contribution is 2.00. The fourth-order valence-electron chi connectivity index (χ4n) is 1.65. The summed E-state index contributed by atoms with van der Waals surface area (Å²) in [5, 5.41) is 4.54. The molecule has 0 spiro atoms. The maximum Gasteiger partial charge on any atom is 0.167 e. The van der Waals surface area contributed by atoms with Crippen LogP contribution < -0.4 is 4.68 Å². The molecule has 0 bridgehead atoms. The van der Waals surface area contributed by atoms with Crippen LogP contribution in [0.4, 0.5) is 0 Å². The summed E-state index contributed by atoms with van der Waals surface area (Å²) in [6.07, 6.45) is 6.85. The average molecular weight is 196 g/mol. The summed E-state index contributed by atoms with van der Waals surface area (Å²) < 4.78 is 4.22. The lowest BCUT2D eigenvalue weighted by Crippen LogP contribution is -2.35. The Balaban J connectivity index is 2.76. The Kier molecular flexibility index (Phi) is 4.63. The van der Waals surface area contributed by atoms with Crippen molar-refractivity contribution in [1.82, 2.24) is 9.90 Å². The molecule has 0 saturated carbocycles. The predicted octanol–water partition coefficient (Wildman–Crippen LogP) is 1.94. The van der Waals surface area contributed by atoms with Gasteiger partial charge in [0.1, 0.15) is 13.1 Å². The van der Waals surface area contributed by atoms with Crippen LogP contribution in [-0.4, -0.2) is 9.90 Å². The van der Waals surface area contributed by atoms with Crippen molar-refractivity contribution in [2.75, 3.05) is 0 Å². The van der Waals surface area contributed by atoms with Crippen molar-refractivity contribution in [2.45, 2.75) is 59.5 Å². The smallest absolute Gasteiger partial charge is 0.137 e. The summed E-state index contributed by atoms with van der Waals surface area (Å²) in [6.45, 7) is 8.68. The van der Waals surface area contributed by atoms with Crippen LogP contribution in [0, 0.1) is 0 Å². The zero-order valence-electron chi connectivity index (χ0n) is 9.66. The predicted molar refractivity (Wildman–Crippen MR) is 57.0 cm³/mol. The average Bonchev–Trinajstić information content (AvgIpc) is 2.50. The normalized spacial score (nSPS) is 10.8. The lowest BCUT2D eigenvalue weighted by Gasteiger charge is -1.93. The summed E-state index contributed by atoms with van der Waals surface area (Å²) in [5.74, 6) is 0. The van der Waals surface area contributed by atoms with Gasteiger partial charge in [-0.2, -0.15) is 0 Å². The third kappa shape index (κ3) is 2.82. The Hall–Kier alpha value is -0.860. The van der Waals surface area contributed by atoms with Gasteiger partial charge in [0.05, 0.1) is 5.21 Å². The number of aromatic nitrogens is 3. The van der Waals surface area contributed by atoms with E-state index in [0.29, 0.717) is 0 Å². The fraction of sp³-hybridized carbons (Fsp3) is 0.818. The molecule has 80 valence electrons. The van der Waals surface area contributed by atoms with Crippen molar-refractivity contribution < 1.29 is 4.68 Å². The molecule has 0 saturated heterocycles. The van der Waals surface area contributed by atoms with E-state index >= 15 is 0 Å². The number of hydrogen-bond acceptors (Lipinski definition) is 1. The minimum atomic E-state index is 1.04. The van der Waals surface area contributed by atoms with Crippen LogP contribution in [-0.2, 0) is 19.5 Å². The third-order valence-electron chi connectivity index (χ3n) is 2.25. The van der Waals surface area contributed by atoms with Crippen LogP contribution in [0.15, 0.2) is 6.20 Å². The van der Waals surface area contributed by atoms with Gasteiger partial charge in [0.15, 0.2) is 11.9 Å². The van der Waals surface area contributed by atoms with Crippen molar-refractivity contribution in [3.63, 3.8) is 0 Å². The van der Waals surface area contributed by atoms with E-state index in [0.717, 1.165) is 32.4 Å². The Morgan fingerprint density at radius 2 is 2.00 bits per heavy atom. The molecule has 0 unspecified atom stereocenters. The summed E-state index contributed by atoms with van der Waals surface area (Å²) in [4.78, 5) is 0. The molecule has 1 aromatic heterocycles. The number of hydrogen-bond donors (Lipinski definition) is 0. The maximum atomic E-state index is 4.54. The molecule has 0 aliphatic heterocycles. The van der Waals surface area contributed by atoms with Crippen LogP contribution in [0.1, 0.15) is 45.7 Å². The largest absolute Gasteiger partial charge is 0.167 e. The van der Waals surface area contributed by atoms with E-state index < -0.39 is 0 Å². The SMILES string of the molecule is CCCc1c[n+](CCC)nn1CCC. The second-order valence-corrected chi connectivity index (χ2v) is 3.75. The van der Waals surface area contributed by atoms with Crippen LogP contribution >= 0.6 is 0 Å². The molecule has 0 amide bonds. The summed E-state index contributed by atoms with van der Waals surface area (Å²) in [5.41, 5.74) is 1.38. The summed E-state index contributed by atoms with van der Waals surface area (Å²) in [6, 6.07) is 0. The van der Waals surface area contributed by atoms with E-state index in [1.54, 1.807) is 0 Å². The number of rotatable bonds is 6. The molecule has 1 heterocycles. The highest BCUT2D eigenvalue weighted by Gasteiger charge is 2.13. The van der Waals surface area contributed by atoms with Gasteiger partial charge in [-0.1, -0.05) is 20.8 Å². The molecule has 0 aliphatic rings. The van der Waals surface area contributed by atoms with E-state index in [9.17, 15) is 0 Å². The first-order valence-electron chi connectivity index (χ1n) is 5.78. The highest BCUT2D eigenvalue weighted by molar-refractivity contribution is 4.90. The zero-order chi connectivity index (χ0) is 10.4. The Labute approximate surface area is 86.7 Å². The number of nitrogens with zero attached hydrogens (tertiary/aromatic N) is 3. The molecular weight excluding hydrogens is 174 g/mol. The third-order valence-corrected chi connectivity index (χ3v) is 2.25. The summed E-state index contributed by atoms with van der Waals surface area (Å²) in [7, 11) is 0. The van der Waals surface area contributed by atoms with Crippen LogP contribution in [0.2, 0.25) is 0 Å². The molecule has 3 heteroatoms. The lowest BCUT2D eigenvalue weighted by molar-refractivity contribution is -0.755. The van der Waals surface area contributed by atoms with Crippen molar-refractivity contribution in [3.8, 4) is 0 Å². The molecule has 14 heavy (non-hydrogen) atoms. The molecule has 0 aromatic carbocycles. The highest BCUT2D eigenvalue weighted by atomic mass is 15.5. The van der Waals surface area contributed by atoms with Crippen LogP contribution in [0.5, 0.6) is 0 Å². The molecule has 0 aliphatic carbocycles. The summed E-state index contributed by atoms with van der Waals surface area (Å²) >= 11 is 0. The van der Waals surface area contributed by atoms with Gasteiger partial charge in [-0.05, 0) is 19.3 Å². The van der Waals surface area contributed by atoms with Gasteiger partial charge in [-0.3, -0.25) is 0 Å². The first kappa shape index (κ1) is 11.2. The number of aryl methyl sites for hydroxylation is 3. The Morgan fingerprint density at radius 1 is 1.21 bits per heavy atom. The topological polar surface area (TPSA) is 21.7 Å². The second kappa shape index (κ2) is 5.78. The lowest BCUT2D eigenvalue weighted by atomic mass is 10.2. The Bertz CT molecular complexity index is 242. The molecular formula is C11H22N3+. The molecule has 1 aromatic rings. The van der Waals surface area contributed by atoms with Crippen molar-refractivity contribution in [3.05, 3.63) is 11.9 Å². The van der Waals surface area contributed by atoms with E-state index in [-0.39, 0.29) is 0 Å². The molecule has 0 atom stereocenters. The van der Waals surface area contributed by atoms with Crippen molar-refractivity contribution in [1.29, 1.82) is 0 Å². The minimum Gasteiger partial charge on any atom is -0.137 e. The van der Waals surface area contributed by atoms with Gasteiger partial charge in [0.25, 0.3) is 0 Å². The van der Waals surface area contributed by atoms with E-state index in [4.69, 9.17) is 0 Å². The van der Waals surface area contributed by atoms with Gasteiger partial charge in [-0.15, -0.1) is 9.36 Å². The van der Waals surface area contributed by atoms with Gasteiger partial charge in [0, 0.05) is 6.42 Å². The zero-order valence-corrected chi connectivity index (χ0v) is 9.66. The molecule has 0 N–H and O–H groups in total. The van der Waals surface area contributed by atoms with E-state index in [1.165, 1.54) is 12.1 Å². The molecule has 3 nitrogen and oxygen atoms in total. The fourth-order valence-corrected chi connectivity index (χ4v) is 1.65. The van der Waals surface area contributed by atoms with Gasteiger partial charge >= 0.3 is 0 Å². The van der Waals surface area contributed by atoms with Gasteiger partial charge < -0.3 is 0 Å². The first-order valence-corrected chi connectivity index (χ1v) is 5.78. The Morgan fingerprint density at radius 3 is 2.57 bits per heavy atom. The van der Waals surface area contributed by atoms with E-state index in [1.807, 2.05) is 0 Å². The van der Waals surface area contributed by atoms with Crippen LogP contribution in [0.3, 0.4) is 0 Å². The van der Waals surface area contributed by atoms with Crippen molar-refractivity contribution >= 4 is 0 Å². The first-order chi connectivity index (χ1) is 6.81. The molecule has 0 radical (unpaired) electrons. The van der Waals surface area contributed by atoms with Gasteiger partial charge in [-0.25, -0.2) is 0 Å². The van der Waals surface area contributed by atoms with E-state index in [2.05, 4.69) is 41.5 Å². The minimum absolute atomic E-state index is 1.04. The standard InChI is InChI=1S/C11H22N3/c1-4-7-11-10-13(8-5-2)12-14(11)9-6-3/h10H,4-9H2,1-3H3/q+1. The maximum absolute atomic E-state index is 4.54. The van der Waals surface area contributed by atoms with Gasteiger partial charge in [0.2, 0.25) is 0 Å². The molecule has 1 rings (SSSR count). The van der Waals surface area contributed by atoms with Crippen molar-refractivity contribution in [2.24, 2.45) is 0 Å². The monoisotopic (exact) mass is 196 g/mol. The second-order valence-electron chi connectivity index (χ2n) is 3.75.